The van der Waals surface area contributed by atoms with E-state index in [-0.39, 0.29) is 0 Å². The second kappa shape index (κ2) is 8.60. The summed E-state index contributed by atoms with van der Waals surface area (Å²) in [7, 11) is 0. The average molecular weight is 293 g/mol. The van der Waals surface area contributed by atoms with Crippen LogP contribution in [0.15, 0.2) is 10.5 Å². The fraction of sp³-hybridized carbons (Fsp3) is 0.778. The monoisotopic (exact) mass is 293 g/mol. The maximum atomic E-state index is 6.08. The molecule has 1 heterocycles. The zero-order chi connectivity index (χ0) is 15.1. The van der Waals surface area contributed by atoms with Crippen molar-refractivity contribution in [2.75, 3.05) is 6.54 Å². The number of aryl methyl sites for hydroxylation is 1. The highest BCUT2D eigenvalue weighted by Crippen LogP contribution is 2.29. The molecule has 2 unspecified atom stereocenters. The van der Waals surface area contributed by atoms with Gasteiger partial charge in [0.15, 0.2) is 0 Å². The molecule has 0 radical (unpaired) electrons. The fourth-order valence-corrected chi connectivity index (χ4v) is 3.18. The molecule has 0 bridgehead atoms. The molecule has 1 fully saturated rings. The highest BCUT2D eigenvalue weighted by atomic mass is 16.5. The van der Waals surface area contributed by atoms with Crippen LogP contribution in [0.5, 0.6) is 0 Å². The molecule has 1 aromatic heterocycles. The van der Waals surface area contributed by atoms with E-state index in [0.717, 1.165) is 36.9 Å². The van der Waals surface area contributed by atoms with Crippen molar-refractivity contribution in [2.45, 2.75) is 78.6 Å². The van der Waals surface area contributed by atoms with Crippen LogP contribution < -0.4 is 5.32 Å². The molecule has 1 N–H and O–H groups in total. The third-order valence-electron chi connectivity index (χ3n) is 4.56. The minimum atomic E-state index is 0.427. The van der Waals surface area contributed by atoms with Gasteiger partial charge in [-0.3, -0.25) is 0 Å². The van der Waals surface area contributed by atoms with Gasteiger partial charge >= 0.3 is 0 Å². The predicted molar refractivity (Wildman–Crippen MR) is 86.3 cm³/mol. The lowest BCUT2D eigenvalue weighted by Gasteiger charge is -2.28. The van der Waals surface area contributed by atoms with Crippen molar-refractivity contribution in [2.24, 2.45) is 5.92 Å². The number of furan rings is 1. The molecule has 2 rings (SSSR count). The Labute approximate surface area is 129 Å². The second-order valence-electron chi connectivity index (χ2n) is 6.37. The molecule has 1 aliphatic carbocycles. The van der Waals surface area contributed by atoms with E-state index in [1.54, 1.807) is 0 Å². The minimum absolute atomic E-state index is 0.427. The molecule has 0 aromatic carbocycles. The first kappa shape index (κ1) is 16.6. The molecule has 2 atom stereocenters. The first-order valence-corrected chi connectivity index (χ1v) is 8.63. The van der Waals surface area contributed by atoms with Crippen LogP contribution in [0.4, 0.5) is 0 Å². The lowest BCUT2D eigenvalue weighted by molar-refractivity contribution is -0.00568. The van der Waals surface area contributed by atoms with Crippen molar-refractivity contribution in [1.82, 2.24) is 5.32 Å². The Morgan fingerprint density at radius 3 is 2.95 bits per heavy atom. The lowest BCUT2D eigenvalue weighted by Crippen LogP contribution is -2.22. The maximum absolute atomic E-state index is 6.08. The largest absolute Gasteiger partial charge is 0.462 e. The molecule has 21 heavy (non-hydrogen) atoms. The van der Waals surface area contributed by atoms with E-state index in [1.165, 1.54) is 37.7 Å². The SMILES string of the molecule is CCCNCc1oc(COC2CCCC(CC)C2)cc1C. The van der Waals surface area contributed by atoms with Crippen LogP contribution in [0.3, 0.4) is 0 Å². The summed E-state index contributed by atoms with van der Waals surface area (Å²) in [6, 6.07) is 2.13. The van der Waals surface area contributed by atoms with Gasteiger partial charge in [-0.1, -0.05) is 33.1 Å². The van der Waals surface area contributed by atoms with Gasteiger partial charge in [-0.2, -0.15) is 0 Å². The Balaban J connectivity index is 1.79. The van der Waals surface area contributed by atoms with Crippen molar-refractivity contribution in [3.05, 3.63) is 23.2 Å². The molecule has 0 saturated heterocycles. The van der Waals surface area contributed by atoms with Crippen molar-refractivity contribution >= 4 is 0 Å². The molecule has 120 valence electrons. The maximum Gasteiger partial charge on any atom is 0.130 e. The Morgan fingerprint density at radius 1 is 1.33 bits per heavy atom. The van der Waals surface area contributed by atoms with Crippen LogP contribution in [-0.4, -0.2) is 12.6 Å². The van der Waals surface area contributed by atoms with E-state index < -0.39 is 0 Å². The van der Waals surface area contributed by atoms with Gasteiger partial charge < -0.3 is 14.5 Å². The predicted octanol–water partition coefficient (Wildman–Crippen LogP) is 4.57. The Hall–Kier alpha value is -0.800. The smallest absolute Gasteiger partial charge is 0.130 e. The van der Waals surface area contributed by atoms with Gasteiger partial charge in [-0.15, -0.1) is 0 Å². The number of nitrogens with one attached hydrogen (secondary N) is 1. The van der Waals surface area contributed by atoms with Crippen LogP contribution in [0.2, 0.25) is 0 Å². The average Bonchev–Trinajstić information content (AvgIpc) is 2.86. The molecule has 0 amide bonds. The van der Waals surface area contributed by atoms with Gasteiger partial charge in [0.2, 0.25) is 0 Å². The number of ether oxygens (including phenoxy) is 1. The summed E-state index contributed by atoms with van der Waals surface area (Å²) >= 11 is 0. The third-order valence-corrected chi connectivity index (χ3v) is 4.56. The number of hydrogen-bond donors (Lipinski definition) is 1. The molecule has 1 saturated carbocycles. The molecular formula is C18H31NO2. The summed E-state index contributed by atoms with van der Waals surface area (Å²) in [4.78, 5) is 0. The van der Waals surface area contributed by atoms with E-state index in [4.69, 9.17) is 9.15 Å². The molecule has 3 heteroatoms. The minimum Gasteiger partial charge on any atom is -0.462 e. The molecular weight excluding hydrogens is 262 g/mol. The molecule has 1 aromatic rings. The van der Waals surface area contributed by atoms with Gasteiger partial charge in [0.25, 0.3) is 0 Å². The van der Waals surface area contributed by atoms with Crippen molar-refractivity contribution in [3.8, 4) is 0 Å². The van der Waals surface area contributed by atoms with E-state index >= 15 is 0 Å². The van der Waals surface area contributed by atoms with Crippen molar-refractivity contribution in [3.63, 3.8) is 0 Å². The number of hydrogen-bond acceptors (Lipinski definition) is 3. The van der Waals surface area contributed by atoms with E-state index in [2.05, 4.69) is 32.2 Å². The van der Waals surface area contributed by atoms with Gasteiger partial charge in [0, 0.05) is 0 Å². The highest BCUT2D eigenvalue weighted by Gasteiger charge is 2.21. The Morgan fingerprint density at radius 2 is 2.19 bits per heavy atom. The standard InChI is InChI=1S/C18H31NO2/c1-4-9-19-12-18-14(3)10-17(21-18)13-20-16-8-6-7-15(5-2)11-16/h10,15-16,19H,4-9,11-13H2,1-3H3. The van der Waals surface area contributed by atoms with Crippen molar-refractivity contribution in [1.29, 1.82) is 0 Å². The van der Waals surface area contributed by atoms with Crippen LogP contribution in [-0.2, 0) is 17.9 Å². The fourth-order valence-electron chi connectivity index (χ4n) is 3.18. The molecule has 1 aliphatic rings. The van der Waals surface area contributed by atoms with E-state index in [9.17, 15) is 0 Å². The normalized spacial score (nSPS) is 22.6. The summed E-state index contributed by atoms with van der Waals surface area (Å²) in [6.07, 6.45) is 7.98. The summed E-state index contributed by atoms with van der Waals surface area (Å²) in [5.41, 5.74) is 1.23. The van der Waals surface area contributed by atoms with Gasteiger partial charge in [0.05, 0.1) is 12.6 Å². The first-order chi connectivity index (χ1) is 10.2. The van der Waals surface area contributed by atoms with E-state index in [0.29, 0.717) is 12.7 Å². The Bertz CT molecular complexity index is 413. The van der Waals surface area contributed by atoms with Crippen LogP contribution in [0.25, 0.3) is 0 Å². The van der Waals surface area contributed by atoms with Gasteiger partial charge in [-0.25, -0.2) is 0 Å². The molecule has 0 aliphatic heterocycles. The van der Waals surface area contributed by atoms with Gasteiger partial charge in [0.1, 0.15) is 18.1 Å². The quantitative estimate of drug-likeness (QED) is 0.713. The van der Waals surface area contributed by atoms with Gasteiger partial charge in [-0.05, 0) is 50.3 Å². The Kier molecular flexibility index (Phi) is 6.78. The highest BCUT2D eigenvalue weighted by molar-refractivity contribution is 5.19. The summed E-state index contributed by atoms with van der Waals surface area (Å²) in [5.74, 6) is 2.88. The molecule has 3 nitrogen and oxygen atoms in total. The van der Waals surface area contributed by atoms with Crippen LogP contribution in [0, 0.1) is 12.8 Å². The number of rotatable bonds is 8. The second-order valence-corrected chi connectivity index (χ2v) is 6.37. The van der Waals surface area contributed by atoms with Crippen LogP contribution in [0.1, 0.15) is 69.5 Å². The van der Waals surface area contributed by atoms with Crippen molar-refractivity contribution < 1.29 is 9.15 Å². The molecule has 0 spiro atoms. The summed E-state index contributed by atoms with van der Waals surface area (Å²) in [6.45, 7) is 9.06. The zero-order valence-corrected chi connectivity index (χ0v) is 13.9. The first-order valence-electron chi connectivity index (χ1n) is 8.63. The van der Waals surface area contributed by atoms with Crippen LogP contribution >= 0.6 is 0 Å². The summed E-state index contributed by atoms with van der Waals surface area (Å²) < 4.78 is 12.0. The summed E-state index contributed by atoms with van der Waals surface area (Å²) in [5, 5.41) is 3.39. The zero-order valence-electron chi connectivity index (χ0n) is 13.9. The third kappa shape index (κ3) is 5.15. The lowest BCUT2D eigenvalue weighted by atomic mass is 9.85. The van der Waals surface area contributed by atoms with E-state index in [1.807, 2.05) is 0 Å². The topological polar surface area (TPSA) is 34.4 Å².